The summed E-state index contributed by atoms with van der Waals surface area (Å²) in [6.07, 6.45) is 0. The molecule has 0 saturated carbocycles. The Morgan fingerprint density at radius 3 is 0.941 bits per heavy atom. The zero-order valence-corrected chi connectivity index (χ0v) is 19.7. The Labute approximate surface area is 201 Å². The lowest BCUT2D eigenvalue weighted by atomic mass is 10.2. The van der Waals surface area contributed by atoms with Crippen LogP contribution in [0.2, 0.25) is 0 Å². The summed E-state index contributed by atoms with van der Waals surface area (Å²) in [5, 5.41) is 0. The van der Waals surface area contributed by atoms with Gasteiger partial charge in [0.15, 0.2) is 0 Å². The van der Waals surface area contributed by atoms with Crippen molar-refractivity contribution in [1.29, 1.82) is 0 Å². The lowest BCUT2D eigenvalue weighted by Gasteiger charge is -2.09. The molecule has 0 aliphatic carbocycles. The summed E-state index contributed by atoms with van der Waals surface area (Å²) in [6, 6.07) is 25.6. The SMILES string of the molecule is C.Cc1ccc(S(=O)(=O)c2ccc(Oc3ccc(S(=O)(=O)c4ccc(C)cc4)cc3)cc2)cc1. The quantitative estimate of drug-likeness (QED) is 0.310. The van der Waals surface area contributed by atoms with E-state index in [1.807, 2.05) is 13.8 Å². The molecule has 0 unspecified atom stereocenters. The smallest absolute Gasteiger partial charge is 0.206 e. The van der Waals surface area contributed by atoms with E-state index < -0.39 is 19.7 Å². The van der Waals surface area contributed by atoms with Gasteiger partial charge in [-0.05, 0) is 86.6 Å². The summed E-state index contributed by atoms with van der Waals surface area (Å²) >= 11 is 0. The van der Waals surface area contributed by atoms with Crippen molar-refractivity contribution in [3.63, 3.8) is 0 Å². The van der Waals surface area contributed by atoms with Gasteiger partial charge in [-0.15, -0.1) is 0 Å². The molecular weight excluding hydrogens is 468 g/mol. The molecule has 4 aromatic rings. The van der Waals surface area contributed by atoms with Crippen LogP contribution < -0.4 is 4.74 Å². The van der Waals surface area contributed by atoms with E-state index in [0.29, 0.717) is 11.5 Å². The summed E-state index contributed by atoms with van der Waals surface area (Å²) in [5.41, 5.74) is 1.96. The molecule has 34 heavy (non-hydrogen) atoms. The van der Waals surface area contributed by atoms with E-state index in [4.69, 9.17) is 4.74 Å². The topological polar surface area (TPSA) is 77.5 Å². The zero-order valence-electron chi connectivity index (χ0n) is 18.1. The number of hydrogen-bond donors (Lipinski definition) is 0. The van der Waals surface area contributed by atoms with Crippen molar-refractivity contribution < 1.29 is 21.6 Å². The number of hydrogen-bond acceptors (Lipinski definition) is 5. The van der Waals surface area contributed by atoms with Gasteiger partial charge in [-0.1, -0.05) is 42.8 Å². The molecule has 5 nitrogen and oxygen atoms in total. The molecule has 0 radical (unpaired) electrons. The van der Waals surface area contributed by atoms with Crippen molar-refractivity contribution in [3.8, 4) is 11.5 Å². The molecule has 4 aromatic carbocycles. The van der Waals surface area contributed by atoms with Crippen molar-refractivity contribution >= 4 is 19.7 Å². The second-order valence-electron chi connectivity index (χ2n) is 7.68. The minimum atomic E-state index is -3.62. The summed E-state index contributed by atoms with van der Waals surface area (Å²) in [6.45, 7) is 3.79. The van der Waals surface area contributed by atoms with Crippen LogP contribution in [0.1, 0.15) is 18.6 Å². The monoisotopic (exact) mass is 494 g/mol. The summed E-state index contributed by atoms with van der Waals surface area (Å²) < 4.78 is 56.9. The first-order valence-electron chi connectivity index (χ1n) is 10.2. The minimum absolute atomic E-state index is 0. The fraction of sp³-hybridized carbons (Fsp3) is 0.111. The van der Waals surface area contributed by atoms with Crippen LogP contribution in [-0.4, -0.2) is 16.8 Å². The first-order valence-corrected chi connectivity index (χ1v) is 13.1. The molecule has 0 amide bonds. The molecule has 4 rings (SSSR count). The molecule has 0 bridgehead atoms. The predicted molar refractivity (Wildman–Crippen MR) is 133 cm³/mol. The van der Waals surface area contributed by atoms with E-state index in [1.165, 1.54) is 24.3 Å². The third-order valence-electron chi connectivity index (χ3n) is 5.17. The highest BCUT2D eigenvalue weighted by molar-refractivity contribution is 7.91. The molecule has 0 aliphatic heterocycles. The van der Waals surface area contributed by atoms with Gasteiger partial charge >= 0.3 is 0 Å². The van der Waals surface area contributed by atoms with Crippen LogP contribution in [0.25, 0.3) is 0 Å². The van der Waals surface area contributed by atoms with Crippen molar-refractivity contribution in [3.05, 3.63) is 108 Å². The molecule has 0 saturated heterocycles. The normalized spacial score (nSPS) is 11.5. The van der Waals surface area contributed by atoms with Gasteiger partial charge in [0.2, 0.25) is 19.7 Å². The molecule has 0 atom stereocenters. The Morgan fingerprint density at radius 1 is 0.441 bits per heavy atom. The van der Waals surface area contributed by atoms with Gasteiger partial charge in [-0.3, -0.25) is 0 Å². The van der Waals surface area contributed by atoms with Crippen molar-refractivity contribution in [2.24, 2.45) is 0 Å². The maximum absolute atomic E-state index is 12.8. The van der Waals surface area contributed by atoms with Crippen LogP contribution >= 0.6 is 0 Å². The Morgan fingerprint density at radius 2 is 0.676 bits per heavy atom. The third kappa shape index (κ3) is 5.21. The highest BCUT2D eigenvalue weighted by Crippen LogP contribution is 2.28. The van der Waals surface area contributed by atoms with Gasteiger partial charge in [0, 0.05) is 0 Å². The standard InChI is InChI=1S/C26H22O5S2.CH4/c1-19-3-11-23(12-4-19)32(27,28)25-15-7-21(8-16-25)31-22-9-17-26(18-10-22)33(29,30)24-13-5-20(2)6-14-24;/h3-18H,1-2H3;1H4. The fourth-order valence-electron chi connectivity index (χ4n) is 3.22. The summed E-state index contributed by atoms with van der Waals surface area (Å²) in [5.74, 6) is 0.874. The van der Waals surface area contributed by atoms with Crippen molar-refractivity contribution in [2.75, 3.05) is 0 Å². The van der Waals surface area contributed by atoms with E-state index in [9.17, 15) is 16.8 Å². The van der Waals surface area contributed by atoms with Crippen LogP contribution in [0.4, 0.5) is 0 Å². The van der Waals surface area contributed by atoms with Gasteiger partial charge in [-0.25, -0.2) is 16.8 Å². The Bertz CT molecular complexity index is 1350. The molecule has 0 aromatic heterocycles. The second kappa shape index (κ2) is 9.83. The molecular formula is C27H26O5S2. The first kappa shape index (κ1) is 25.2. The Hall–Kier alpha value is -3.42. The molecule has 0 fully saturated rings. The van der Waals surface area contributed by atoms with E-state index in [2.05, 4.69) is 0 Å². The van der Waals surface area contributed by atoms with Crippen LogP contribution in [0.5, 0.6) is 11.5 Å². The minimum Gasteiger partial charge on any atom is -0.457 e. The molecule has 176 valence electrons. The average molecular weight is 495 g/mol. The maximum Gasteiger partial charge on any atom is 0.206 e. The highest BCUT2D eigenvalue weighted by Gasteiger charge is 2.19. The summed E-state index contributed by atoms with van der Waals surface area (Å²) in [4.78, 5) is 0.788. The zero-order chi connectivity index (χ0) is 23.6. The fourth-order valence-corrected chi connectivity index (χ4v) is 5.74. The van der Waals surface area contributed by atoms with Crippen molar-refractivity contribution in [2.45, 2.75) is 40.9 Å². The Balaban J connectivity index is 0.00000324. The van der Waals surface area contributed by atoms with Crippen LogP contribution in [0, 0.1) is 13.8 Å². The number of ether oxygens (including phenoxy) is 1. The predicted octanol–water partition coefficient (Wildman–Crippen LogP) is 6.40. The summed E-state index contributed by atoms with van der Waals surface area (Å²) in [7, 11) is -7.24. The van der Waals surface area contributed by atoms with E-state index in [1.54, 1.807) is 72.8 Å². The van der Waals surface area contributed by atoms with Crippen LogP contribution in [0.15, 0.2) is 117 Å². The maximum atomic E-state index is 12.8. The van der Waals surface area contributed by atoms with Gasteiger partial charge in [-0.2, -0.15) is 0 Å². The number of rotatable bonds is 6. The molecule has 0 N–H and O–H groups in total. The van der Waals surface area contributed by atoms with E-state index >= 15 is 0 Å². The molecule has 0 aliphatic rings. The largest absolute Gasteiger partial charge is 0.457 e. The van der Waals surface area contributed by atoms with Crippen LogP contribution in [-0.2, 0) is 19.7 Å². The van der Waals surface area contributed by atoms with Gasteiger partial charge in [0.05, 0.1) is 19.6 Å². The molecule has 0 heterocycles. The molecule has 7 heteroatoms. The number of sulfone groups is 2. The Kier molecular flexibility index (Phi) is 7.29. The van der Waals surface area contributed by atoms with Crippen LogP contribution in [0.3, 0.4) is 0 Å². The lowest BCUT2D eigenvalue weighted by molar-refractivity contribution is 0.481. The van der Waals surface area contributed by atoms with Crippen molar-refractivity contribution in [1.82, 2.24) is 0 Å². The lowest BCUT2D eigenvalue weighted by Crippen LogP contribution is -2.02. The highest BCUT2D eigenvalue weighted by atomic mass is 32.2. The second-order valence-corrected chi connectivity index (χ2v) is 11.6. The number of aryl methyl sites for hydroxylation is 2. The van der Waals surface area contributed by atoms with E-state index in [0.717, 1.165) is 11.1 Å². The van der Waals surface area contributed by atoms with E-state index in [-0.39, 0.29) is 27.0 Å². The first-order chi connectivity index (χ1) is 15.7. The number of benzene rings is 4. The van der Waals surface area contributed by atoms with Gasteiger partial charge in [0.25, 0.3) is 0 Å². The average Bonchev–Trinajstić information content (AvgIpc) is 2.80. The third-order valence-corrected chi connectivity index (χ3v) is 8.74. The van der Waals surface area contributed by atoms with Gasteiger partial charge < -0.3 is 4.74 Å². The molecule has 0 spiro atoms. The van der Waals surface area contributed by atoms with Gasteiger partial charge in [0.1, 0.15) is 11.5 Å².